The molecule has 0 saturated heterocycles. The molecular weight excluding hydrogens is 196 g/mol. The minimum absolute atomic E-state index is 0.128. The molecule has 0 heterocycles. The van der Waals surface area contributed by atoms with Crippen LogP contribution >= 0.6 is 0 Å². The van der Waals surface area contributed by atoms with Gasteiger partial charge in [0.05, 0.1) is 0 Å². The summed E-state index contributed by atoms with van der Waals surface area (Å²) >= 11 is 0. The van der Waals surface area contributed by atoms with Gasteiger partial charge in [0, 0.05) is 0 Å². The maximum atomic E-state index is 11.6. The van der Waals surface area contributed by atoms with E-state index < -0.39 is 0 Å². The molecule has 0 fully saturated rings. The molecule has 0 bridgehead atoms. The van der Waals surface area contributed by atoms with Crippen LogP contribution in [-0.4, -0.2) is 5.78 Å². The van der Waals surface area contributed by atoms with E-state index in [1.165, 1.54) is 24.0 Å². The Hall–Kier alpha value is -1.11. The first-order valence-electron chi connectivity index (χ1n) is 6.01. The molecular formula is C15H22O. The predicted octanol–water partition coefficient (Wildman–Crippen LogP) is 4.21. The van der Waals surface area contributed by atoms with Crippen molar-refractivity contribution in [2.45, 2.75) is 47.0 Å². The largest absolute Gasteiger partial charge is 0.290 e. The van der Waals surface area contributed by atoms with Crippen molar-refractivity contribution < 1.29 is 4.79 Å². The van der Waals surface area contributed by atoms with Crippen LogP contribution < -0.4 is 0 Å². The van der Waals surface area contributed by atoms with Gasteiger partial charge >= 0.3 is 0 Å². The van der Waals surface area contributed by atoms with Crippen molar-refractivity contribution in [3.8, 4) is 0 Å². The van der Waals surface area contributed by atoms with E-state index in [1.54, 1.807) is 12.2 Å². The lowest BCUT2D eigenvalue weighted by Crippen LogP contribution is -2.07. The molecule has 0 saturated carbocycles. The van der Waals surface area contributed by atoms with Crippen molar-refractivity contribution >= 4 is 5.78 Å². The zero-order valence-corrected chi connectivity index (χ0v) is 10.8. The van der Waals surface area contributed by atoms with Gasteiger partial charge in [-0.3, -0.25) is 4.79 Å². The molecule has 1 aliphatic carbocycles. The topological polar surface area (TPSA) is 17.1 Å². The average molecular weight is 218 g/mol. The summed E-state index contributed by atoms with van der Waals surface area (Å²) < 4.78 is 0. The Labute approximate surface area is 98.9 Å². The van der Waals surface area contributed by atoms with Gasteiger partial charge in [-0.2, -0.15) is 0 Å². The fraction of sp³-hybridized carbons (Fsp3) is 0.533. The van der Waals surface area contributed by atoms with E-state index in [1.807, 2.05) is 13.8 Å². The number of hydrogen-bond acceptors (Lipinski definition) is 1. The molecule has 1 nitrogen and oxygen atoms in total. The average Bonchev–Trinajstić information content (AvgIpc) is 2.16. The van der Waals surface area contributed by atoms with E-state index in [2.05, 4.69) is 19.9 Å². The Morgan fingerprint density at radius 2 is 2.00 bits per heavy atom. The first kappa shape index (κ1) is 13.0. The van der Waals surface area contributed by atoms with Crippen LogP contribution in [0.2, 0.25) is 0 Å². The number of carbonyl (C=O) groups is 1. The molecule has 1 heteroatoms. The van der Waals surface area contributed by atoms with Gasteiger partial charge in [0.1, 0.15) is 0 Å². The molecule has 0 unspecified atom stereocenters. The highest BCUT2D eigenvalue weighted by Crippen LogP contribution is 2.28. The Kier molecular flexibility index (Phi) is 4.72. The molecule has 0 amide bonds. The predicted molar refractivity (Wildman–Crippen MR) is 69.3 cm³/mol. The van der Waals surface area contributed by atoms with E-state index in [4.69, 9.17) is 0 Å². The third-order valence-electron chi connectivity index (χ3n) is 3.08. The Bertz CT molecular complexity index is 352. The Morgan fingerprint density at radius 3 is 2.50 bits per heavy atom. The van der Waals surface area contributed by atoms with Crippen LogP contribution in [0.25, 0.3) is 0 Å². The van der Waals surface area contributed by atoms with Crippen LogP contribution in [-0.2, 0) is 4.79 Å². The van der Waals surface area contributed by atoms with Gasteiger partial charge in [-0.25, -0.2) is 0 Å². The third kappa shape index (κ3) is 4.18. The van der Waals surface area contributed by atoms with Crippen molar-refractivity contribution in [3.63, 3.8) is 0 Å². The number of hydrogen-bond donors (Lipinski definition) is 0. The quantitative estimate of drug-likeness (QED) is 0.512. The van der Waals surface area contributed by atoms with Gasteiger partial charge in [0.2, 0.25) is 0 Å². The van der Waals surface area contributed by atoms with Gasteiger partial charge in [-0.05, 0) is 65.0 Å². The number of ketones is 1. The molecule has 0 aromatic carbocycles. The number of rotatable bonds is 3. The molecule has 88 valence electrons. The Balaban J connectivity index is 2.64. The SMILES string of the molecule is CC(C)=CC(=O)C=C(C)[C@H]1CC=C(C)CC1. The van der Waals surface area contributed by atoms with Crippen molar-refractivity contribution in [2.24, 2.45) is 5.92 Å². The summed E-state index contributed by atoms with van der Waals surface area (Å²) in [7, 11) is 0. The lowest BCUT2D eigenvalue weighted by molar-refractivity contribution is -0.110. The van der Waals surface area contributed by atoms with Crippen molar-refractivity contribution in [2.75, 3.05) is 0 Å². The number of allylic oxidation sites excluding steroid dienone is 6. The van der Waals surface area contributed by atoms with Gasteiger partial charge in [-0.15, -0.1) is 0 Å². The zero-order chi connectivity index (χ0) is 12.1. The van der Waals surface area contributed by atoms with Gasteiger partial charge in [-0.1, -0.05) is 22.8 Å². The molecule has 0 N–H and O–H groups in total. The molecule has 0 radical (unpaired) electrons. The van der Waals surface area contributed by atoms with E-state index in [0.29, 0.717) is 5.92 Å². The summed E-state index contributed by atoms with van der Waals surface area (Å²) in [4.78, 5) is 11.6. The van der Waals surface area contributed by atoms with Crippen LogP contribution in [0.4, 0.5) is 0 Å². The summed E-state index contributed by atoms with van der Waals surface area (Å²) in [5, 5.41) is 0. The first-order valence-corrected chi connectivity index (χ1v) is 6.01. The second-order valence-electron chi connectivity index (χ2n) is 5.03. The first-order chi connectivity index (χ1) is 7.49. The van der Waals surface area contributed by atoms with Crippen LogP contribution in [0.3, 0.4) is 0 Å². The second-order valence-corrected chi connectivity index (χ2v) is 5.03. The highest BCUT2D eigenvalue weighted by Gasteiger charge is 2.14. The molecule has 0 spiro atoms. The highest BCUT2D eigenvalue weighted by atomic mass is 16.1. The van der Waals surface area contributed by atoms with E-state index in [9.17, 15) is 4.79 Å². The van der Waals surface area contributed by atoms with Crippen molar-refractivity contribution in [1.29, 1.82) is 0 Å². The van der Waals surface area contributed by atoms with Crippen molar-refractivity contribution in [3.05, 3.63) is 34.9 Å². The van der Waals surface area contributed by atoms with E-state index in [-0.39, 0.29) is 5.78 Å². The summed E-state index contributed by atoms with van der Waals surface area (Å²) in [6.07, 6.45) is 9.26. The minimum atomic E-state index is 0.128. The lowest BCUT2D eigenvalue weighted by Gasteiger charge is -2.20. The standard InChI is InChI=1S/C15H22O/c1-11(2)9-15(16)10-13(4)14-7-5-12(3)6-8-14/h5,9-10,14H,6-8H2,1-4H3/t14-/m0/s1. The maximum absolute atomic E-state index is 11.6. The zero-order valence-electron chi connectivity index (χ0n) is 10.8. The second kappa shape index (κ2) is 5.83. The summed E-state index contributed by atoms with van der Waals surface area (Å²) in [6.45, 7) is 8.17. The highest BCUT2D eigenvalue weighted by molar-refractivity contribution is 6.00. The molecule has 0 aromatic heterocycles. The van der Waals surface area contributed by atoms with Crippen LogP contribution in [0.15, 0.2) is 34.9 Å². The molecule has 0 aliphatic heterocycles. The van der Waals surface area contributed by atoms with Crippen LogP contribution in [0, 0.1) is 5.92 Å². The van der Waals surface area contributed by atoms with Crippen LogP contribution in [0.1, 0.15) is 47.0 Å². The maximum Gasteiger partial charge on any atom is 0.178 e. The molecule has 1 aliphatic rings. The summed E-state index contributed by atoms with van der Waals surface area (Å²) in [6, 6.07) is 0. The number of carbonyl (C=O) groups excluding carboxylic acids is 1. The normalized spacial score (nSPS) is 21.4. The minimum Gasteiger partial charge on any atom is -0.290 e. The molecule has 0 aromatic rings. The van der Waals surface area contributed by atoms with E-state index in [0.717, 1.165) is 12.0 Å². The van der Waals surface area contributed by atoms with Crippen molar-refractivity contribution in [1.82, 2.24) is 0 Å². The van der Waals surface area contributed by atoms with Gasteiger partial charge in [0.15, 0.2) is 5.78 Å². The fourth-order valence-corrected chi connectivity index (χ4v) is 2.05. The van der Waals surface area contributed by atoms with Gasteiger partial charge < -0.3 is 0 Å². The van der Waals surface area contributed by atoms with Gasteiger partial charge in [0.25, 0.3) is 0 Å². The Morgan fingerprint density at radius 1 is 1.31 bits per heavy atom. The summed E-state index contributed by atoms with van der Waals surface area (Å²) in [5.74, 6) is 0.696. The molecule has 16 heavy (non-hydrogen) atoms. The van der Waals surface area contributed by atoms with E-state index >= 15 is 0 Å². The summed E-state index contributed by atoms with van der Waals surface area (Å²) in [5.41, 5.74) is 3.78. The third-order valence-corrected chi connectivity index (χ3v) is 3.08. The fourth-order valence-electron chi connectivity index (χ4n) is 2.05. The molecule has 1 atom stereocenters. The van der Waals surface area contributed by atoms with Crippen LogP contribution in [0.5, 0.6) is 0 Å². The lowest BCUT2D eigenvalue weighted by atomic mass is 9.85. The monoisotopic (exact) mass is 218 g/mol. The smallest absolute Gasteiger partial charge is 0.178 e. The molecule has 1 rings (SSSR count).